The molecule has 4 heterocycles. The molecular formula is C66H85F2IN12O9Si4. The van der Waals surface area contributed by atoms with E-state index in [0.29, 0.717) is 91.6 Å². The number of aromatic nitrogens is 12. The van der Waals surface area contributed by atoms with Crippen molar-refractivity contribution in [1.29, 1.82) is 0 Å². The molecule has 21 nitrogen and oxygen atoms in total. The topological polar surface area (TPSA) is 217 Å². The van der Waals surface area contributed by atoms with Crippen LogP contribution in [-0.4, -0.2) is 123 Å². The molecule has 6 aromatic carbocycles. The molecule has 0 aliphatic heterocycles. The minimum atomic E-state index is -1.36. The summed E-state index contributed by atoms with van der Waals surface area (Å²) in [7, 11) is -5.15. The molecule has 0 bridgehead atoms. The average Bonchev–Trinajstić information content (AvgIpc) is 1.61. The van der Waals surface area contributed by atoms with E-state index in [1.807, 2.05) is 85.0 Å². The fourth-order valence-electron chi connectivity index (χ4n) is 9.51. The maximum atomic E-state index is 15.9. The summed E-state index contributed by atoms with van der Waals surface area (Å²) < 4.78 is 75.3. The maximum Gasteiger partial charge on any atom is 0.370 e. The number of phenols is 1. The summed E-state index contributed by atoms with van der Waals surface area (Å²) in [5, 5.41) is 26.5. The summed E-state index contributed by atoms with van der Waals surface area (Å²) in [4.78, 5) is 35.8. The summed E-state index contributed by atoms with van der Waals surface area (Å²) >= 11 is 1.95. The van der Waals surface area contributed by atoms with Crippen molar-refractivity contribution in [3.05, 3.63) is 156 Å². The van der Waals surface area contributed by atoms with E-state index in [9.17, 15) is 19.1 Å². The number of para-hydroxylation sites is 1. The number of phenolic OH excluding ortho intramolecular Hbond substituents is 1. The Bertz CT molecular complexity index is 4390. The van der Waals surface area contributed by atoms with Crippen LogP contribution in [0, 0.1) is 29.1 Å². The zero-order chi connectivity index (χ0) is 67.9. The molecule has 500 valence electrons. The van der Waals surface area contributed by atoms with Gasteiger partial charge >= 0.3 is 23.4 Å². The van der Waals surface area contributed by atoms with E-state index in [4.69, 9.17) is 33.4 Å². The van der Waals surface area contributed by atoms with Crippen molar-refractivity contribution >= 4 is 77.0 Å². The summed E-state index contributed by atoms with van der Waals surface area (Å²) in [6, 6.07) is 35.8. The number of rotatable bonds is 28. The molecule has 10 rings (SSSR count). The molecule has 0 aliphatic rings. The van der Waals surface area contributed by atoms with Crippen LogP contribution in [0.5, 0.6) is 29.3 Å². The molecule has 0 fully saturated rings. The number of halogens is 3. The highest BCUT2D eigenvalue weighted by atomic mass is 127. The van der Waals surface area contributed by atoms with Crippen molar-refractivity contribution in [3.63, 3.8) is 0 Å². The Morgan fingerprint density at radius 2 is 0.862 bits per heavy atom. The summed E-state index contributed by atoms with van der Waals surface area (Å²) in [5.41, 5.74) is 6.53. The van der Waals surface area contributed by atoms with Crippen LogP contribution in [0.4, 0.5) is 8.78 Å². The monoisotopic (exact) mass is 1470 g/mol. The molecule has 0 amide bonds. The lowest BCUT2D eigenvalue weighted by Crippen LogP contribution is -2.27. The van der Waals surface area contributed by atoms with E-state index < -0.39 is 49.5 Å². The number of hydrogen-bond donors (Lipinski definition) is 1. The van der Waals surface area contributed by atoms with E-state index in [1.165, 1.54) is 30.9 Å². The van der Waals surface area contributed by atoms with Crippen LogP contribution in [0.15, 0.2) is 119 Å². The van der Waals surface area contributed by atoms with Gasteiger partial charge in [0.15, 0.2) is 0 Å². The number of benzene rings is 6. The van der Waals surface area contributed by atoms with Crippen LogP contribution in [-0.2, 0) is 45.9 Å². The number of aromatic hydroxyl groups is 1. The fourth-order valence-corrected chi connectivity index (χ4v) is 13.0. The normalized spacial score (nSPS) is 12.3. The third-order valence-electron chi connectivity index (χ3n) is 15.3. The van der Waals surface area contributed by atoms with Gasteiger partial charge in [-0.05, 0) is 134 Å². The van der Waals surface area contributed by atoms with Crippen LogP contribution in [0.1, 0.15) is 11.1 Å². The van der Waals surface area contributed by atoms with Gasteiger partial charge in [-0.3, -0.25) is 9.13 Å². The van der Waals surface area contributed by atoms with Gasteiger partial charge < -0.3 is 33.5 Å². The molecule has 0 atom stereocenters. The molecule has 0 saturated carbocycles. The van der Waals surface area contributed by atoms with Crippen molar-refractivity contribution in [1.82, 2.24) is 58.7 Å². The standard InChI is InChI=1S/C39H47FN6O5Si2.C27H38FIN6O4Si2/c1-27-12-17-30(22-35(27)46-39(48)45(42-43-46)26-50-19-21-53(5,6)7)51-38-41-34-23-32(29-15-13-28(14-16-29)31-10-8-9-11-37(31)47)33(40)24-36(34)44(38)25-49-18-20-52(2,3)4;1-19-8-9-20(14-24(19)35-27(36)34(31-32-35)18-38-11-13-41(5,6)7)39-26-30-23-16-22(29)21(28)15-25(23)33(26)17-37-10-12-40(2,3)4/h8-17,22-24,47H,18-21,25-26H2,1-7H3;8-9,14-16H,10-13,17-18H2,1-7H3. The van der Waals surface area contributed by atoms with E-state index in [0.717, 1.165) is 40.9 Å². The van der Waals surface area contributed by atoms with Gasteiger partial charge in [0, 0.05) is 94.1 Å². The smallest absolute Gasteiger partial charge is 0.370 e. The number of aryl methyl sites for hydroxylation is 2. The third-order valence-corrected chi connectivity index (χ3v) is 23.0. The number of ether oxygens (including phenoxy) is 6. The quantitative estimate of drug-likeness (QED) is 0.0274. The fraction of sp³-hybridized carbons (Fsp3) is 0.394. The summed E-state index contributed by atoms with van der Waals surface area (Å²) in [6.45, 7) is 33.7. The largest absolute Gasteiger partial charge is 0.507 e. The van der Waals surface area contributed by atoms with Gasteiger partial charge in [0.2, 0.25) is 0 Å². The highest BCUT2D eigenvalue weighted by Crippen LogP contribution is 2.36. The highest BCUT2D eigenvalue weighted by Gasteiger charge is 2.24. The summed E-state index contributed by atoms with van der Waals surface area (Å²) in [5.74, 6) is 0.254. The summed E-state index contributed by atoms with van der Waals surface area (Å²) in [6.07, 6.45) is 0. The number of hydrogen-bond acceptors (Lipinski definition) is 15. The Morgan fingerprint density at radius 1 is 0.468 bits per heavy atom. The lowest BCUT2D eigenvalue weighted by molar-refractivity contribution is 0.0747. The van der Waals surface area contributed by atoms with Crippen molar-refractivity contribution in [2.75, 3.05) is 26.4 Å². The first-order valence-corrected chi connectivity index (χ1v) is 47.2. The molecule has 0 unspecified atom stereocenters. The van der Waals surface area contributed by atoms with E-state index in [-0.39, 0.29) is 50.5 Å². The van der Waals surface area contributed by atoms with Gasteiger partial charge in [0.05, 0.1) is 37.0 Å². The van der Waals surface area contributed by atoms with Crippen LogP contribution < -0.4 is 20.9 Å². The number of imidazole rings is 2. The van der Waals surface area contributed by atoms with Gasteiger partial charge in [0.1, 0.15) is 55.8 Å². The minimum Gasteiger partial charge on any atom is -0.507 e. The van der Waals surface area contributed by atoms with Crippen LogP contribution in [0.3, 0.4) is 0 Å². The number of nitrogens with zero attached hydrogens (tertiary/aromatic N) is 12. The predicted octanol–water partition coefficient (Wildman–Crippen LogP) is 14.9. The van der Waals surface area contributed by atoms with Gasteiger partial charge in [-0.25, -0.2) is 18.4 Å². The lowest BCUT2D eigenvalue weighted by atomic mass is 9.99. The molecule has 28 heteroatoms. The SMILES string of the molecule is Cc1ccc(Oc2nc3cc(-c4ccc(-c5ccccc5O)cc4)c(F)cc3n2COCC[Si](C)(C)C)cc1-n1nnn(COCC[Si](C)(C)C)c1=O.Cc1ccc(Oc2nc3cc(I)c(F)cc3n2COCC[Si](C)(C)C)cc1-n1nnn(COCC[Si](C)(C)C)c1=O. The number of fused-ring (bicyclic) bond motifs is 2. The van der Waals surface area contributed by atoms with Gasteiger partial charge in [-0.2, -0.15) is 28.7 Å². The third kappa shape index (κ3) is 18.8. The highest BCUT2D eigenvalue weighted by molar-refractivity contribution is 14.1. The molecule has 94 heavy (non-hydrogen) atoms. The van der Waals surface area contributed by atoms with Crippen LogP contribution >= 0.6 is 22.6 Å². The Morgan fingerprint density at radius 3 is 1.29 bits per heavy atom. The molecule has 0 aliphatic carbocycles. The Kier molecular flexibility index (Phi) is 22.8. The first-order chi connectivity index (χ1) is 44.4. The molecule has 1 N–H and O–H groups in total. The Labute approximate surface area is 563 Å². The van der Waals surface area contributed by atoms with Gasteiger partial charge in [0.25, 0.3) is 0 Å². The maximum absolute atomic E-state index is 15.9. The van der Waals surface area contributed by atoms with Crippen LogP contribution in [0.25, 0.3) is 55.7 Å². The Balaban J connectivity index is 0.000000229. The van der Waals surface area contributed by atoms with Crippen LogP contribution in [0.2, 0.25) is 103 Å². The number of tetrazole rings is 2. The zero-order valence-electron chi connectivity index (χ0n) is 56.1. The van der Waals surface area contributed by atoms with E-state index in [1.54, 1.807) is 57.7 Å². The first-order valence-electron chi connectivity index (χ1n) is 31.3. The molecule has 0 radical (unpaired) electrons. The lowest BCUT2D eigenvalue weighted by Gasteiger charge is -2.16. The second-order valence-corrected chi connectivity index (χ2v) is 51.8. The molecule has 0 saturated heterocycles. The van der Waals surface area contributed by atoms with Crippen molar-refractivity contribution in [2.45, 2.75) is 144 Å². The van der Waals surface area contributed by atoms with Crippen molar-refractivity contribution in [3.8, 4) is 62.9 Å². The van der Waals surface area contributed by atoms with Crippen molar-refractivity contribution < 1.29 is 42.3 Å². The first kappa shape index (κ1) is 71.0. The van der Waals surface area contributed by atoms with Gasteiger partial charge in [-0.15, -0.1) is 0 Å². The average molecular weight is 1470 g/mol. The second-order valence-electron chi connectivity index (χ2n) is 28.2. The van der Waals surface area contributed by atoms with Gasteiger partial charge in [-0.1, -0.05) is 133 Å². The molecule has 10 aromatic rings. The zero-order valence-corrected chi connectivity index (χ0v) is 62.2. The molecule has 4 aromatic heterocycles. The molecular weight excluding hydrogens is 1380 g/mol. The second kappa shape index (κ2) is 30.2. The predicted molar refractivity (Wildman–Crippen MR) is 382 cm³/mol. The molecule has 0 spiro atoms. The van der Waals surface area contributed by atoms with E-state index in [2.05, 4.69) is 104 Å². The Hall–Kier alpha value is -7.30. The minimum absolute atomic E-state index is 0.0135. The van der Waals surface area contributed by atoms with Crippen molar-refractivity contribution in [2.24, 2.45) is 0 Å². The van der Waals surface area contributed by atoms with E-state index >= 15 is 4.39 Å².